The first kappa shape index (κ1) is 20.7. The Balaban J connectivity index is 1.79. The lowest BCUT2D eigenvalue weighted by atomic mass is 9.77. The molecule has 156 valence electrons. The van der Waals surface area contributed by atoms with Crippen LogP contribution in [0, 0.1) is 5.92 Å². The summed E-state index contributed by atoms with van der Waals surface area (Å²) in [6, 6.07) is 14.6. The highest BCUT2D eigenvalue weighted by molar-refractivity contribution is 9.10. The Morgan fingerprint density at radius 1 is 1.27 bits per heavy atom. The molecule has 0 radical (unpaired) electrons. The van der Waals surface area contributed by atoms with Crippen molar-refractivity contribution < 1.29 is 14.3 Å². The number of benzene rings is 2. The quantitative estimate of drug-likeness (QED) is 0.444. The Bertz CT molecular complexity index is 1010. The Hall–Kier alpha value is -2.60. The van der Waals surface area contributed by atoms with Gasteiger partial charge in [-0.3, -0.25) is 5.01 Å². The maximum Gasteiger partial charge on any atom is 0.332 e. The molecule has 6 heteroatoms. The van der Waals surface area contributed by atoms with E-state index in [2.05, 4.69) is 52.3 Å². The lowest BCUT2D eigenvalue weighted by Gasteiger charge is -2.31. The SMILES string of the molecule is CCOC(=O)C=C(C)N1N=C2c3cc(OC)ccc3CCC2C1c1ccc(Br)cc1. The molecule has 2 unspecified atom stereocenters. The second-order valence-electron chi connectivity index (χ2n) is 7.53. The number of allylic oxidation sites excluding steroid dienone is 1. The summed E-state index contributed by atoms with van der Waals surface area (Å²) >= 11 is 3.53. The van der Waals surface area contributed by atoms with Crippen molar-refractivity contribution in [2.75, 3.05) is 13.7 Å². The monoisotopic (exact) mass is 468 g/mol. The van der Waals surface area contributed by atoms with Crippen LogP contribution < -0.4 is 4.74 Å². The summed E-state index contributed by atoms with van der Waals surface area (Å²) in [7, 11) is 1.68. The molecule has 0 spiro atoms. The van der Waals surface area contributed by atoms with E-state index in [4.69, 9.17) is 14.6 Å². The van der Waals surface area contributed by atoms with Crippen LogP contribution in [0.15, 0.2) is 63.8 Å². The number of hydrazone groups is 1. The predicted octanol–water partition coefficient (Wildman–Crippen LogP) is 5.25. The van der Waals surface area contributed by atoms with Crippen LogP contribution in [0.25, 0.3) is 0 Å². The number of hydrogen-bond donors (Lipinski definition) is 0. The third kappa shape index (κ3) is 3.88. The molecule has 5 nitrogen and oxygen atoms in total. The number of halogens is 1. The second kappa shape index (κ2) is 8.64. The van der Waals surface area contributed by atoms with Crippen LogP contribution in [0.4, 0.5) is 0 Å². The number of aryl methyl sites for hydroxylation is 1. The third-order valence-corrected chi connectivity index (χ3v) is 6.24. The van der Waals surface area contributed by atoms with Gasteiger partial charge in [0.25, 0.3) is 0 Å². The van der Waals surface area contributed by atoms with Gasteiger partial charge in [0.2, 0.25) is 0 Å². The number of esters is 1. The standard InChI is InChI=1S/C24H25BrN2O3/c1-4-30-22(28)13-15(2)27-24(17-5-9-18(25)10-6-17)20-12-8-16-7-11-19(29-3)14-21(16)23(20)26-27/h5-7,9-11,13-14,20,24H,4,8,12H2,1-3H3. The summed E-state index contributed by atoms with van der Waals surface area (Å²) in [5, 5.41) is 7.01. The maximum atomic E-state index is 12.1. The molecule has 1 aliphatic heterocycles. The van der Waals surface area contributed by atoms with E-state index in [1.54, 1.807) is 14.0 Å². The molecule has 1 heterocycles. The van der Waals surface area contributed by atoms with Crippen LogP contribution in [0.5, 0.6) is 5.75 Å². The molecule has 2 atom stereocenters. The Morgan fingerprint density at radius 3 is 2.73 bits per heavy atom. The summed E-state index contributed by atoms with van der Waals surface area (Å²) in [6.07, 6.45) is 3.52. The first-order valence-corrected chi connectivity index (χ1v) is 11.0. The second-order valence-corrected chi connectivity index (χ2v) is 8.45. The highest BCUT2D eigenvalue weighted by atomic mass is 79.9. The summed E-state index contributed by atoms with van der Waals surface area (Å²) in [6.45, 7) is 4.07. The molecule has 2 aliphatic rings. The molecule has 30 heavy (non-hydrogen) atoms. The minimum absolute atomic E-state index is 0.0260. The van der Waals surface area contributed by atoms with E-state index in [9.17, 15) is 4.79 Å². The van der Waals surface area contributed by atoms with Gasteiger partial charge in [0, 0.05) is 27.7 Å². The van der Waals surface area contributed by atoms with Gasteiger partial charge in [-0.05, 0) is 62.1 Å². The van der Waals surface area contributed by atoms with Gasteiger partial charge in [-0.1, -0.05) is 34.1 Å². The van der Waals surface area contributed by atoms with Crippen LogP contribution >= 0.6 is 15.9 Å². The zero-order valence-corrected chi connectivity index (χ0v) is 19.0. The number of carbonyl (C=O) groups is 1. The van der Waals surface area contributed by atoms with Gasteiger partial charge in [-0.25, -0.2) is 4.79 Å². The zero-order valence-electron chi connectivity index (χ0n) is 17.4. The molecule has 0 fully saturated rings. The first-order valence-electron chi connectivity index (χ1n) is 10.2. The Kier molecular flexibility index (Phi) is 5.95. The van der Waals surface area contributed by atoms with Gasteiger partial charge >= 0.3 is 5.97 Å². The van der Waals surface area contributed by atoms with Crippen molar-refractivity contribution in [3.63, 3.8) is 0 Å². The normalized spacial score (nSPS) is 20.3. The van der Waals surface area contributed by atoms with Crippen molar-refractivity contribution >= 4 is 27.6 Å². The molecule has 0 saturated heterocycles. The lowest BCUT2D eigenvalue weighted by Crippen LogP contribution is -2.28. The molecule has 0 amide bonds. The summed E-state index contributed by atoms with van der Waals surface area (Å²) in [4.78, 5) is 12.1. The lowest BCUT2D eigenvalue weighted by molar-refractivity contribution is -0.137. The highest BCUT2D eigenvalue weighted by Gasteiger charge is 2.42. The van der Waals surface area contributed by atoms with Crippen LogP contribution in [-0.2, 0) is 16.0 Å². The fraction of sp³-hybridized carbons (Fsp3) is 0.333. The first-order chi connectivity index (χ1) is 14.5. The van der Waals surface area contributed by atoms with Gasteiger partial charge in [0.1, 0.15) is 5.75 Å². The molecule has 0 N–H and O–H groups in total. The molecular weight excluding hydrogens is 444 g/mol. The van der Waals surface area contributed by atoms with Gasteiger partial charge in [0.05, 0.1) is 25.5 Å². The predicted molar refractivity (Wildman–Crippen MR) is 120 cm³/mol. The van der Waals surface area contributed by atoms with Crippen LogP contribution in [0.1, 0.15) is 43.0 Å². The van der Waals surface area contributed by atoms with E-state index in [0.29, 0.717) is 6.61 Å². The van der Waals surface area contributed by atoms with E-state index in [1.165, 1.54) is 17.2 Å². The molecule has 0 aromatic heterocycles. The molecule has 1 aliphatic carbocycles. The number of fused-ring (bicyclic) bond motifs is 3. The summed E-state index contributed by atoms with van der Waals surface area (Å²) in [5.41, 5.74) is 5.42. The number of ether oxygens (including phenoxy) is 2. The Labute approximate surface area is 185 Å². The largest absolute Gasteiger partial charge is 0.497 e. The van der Waals surface area contributed by atoms with Gasteiger partial charge < -0.3 is 9.47 Å². The van der Waals surface area contributed by atoms with Crippen molar-refractivity contribution in [3.05, 3.63) is 75.4 Å². The number of carbonyl (C=O) groups excluding carboxylic acids is 1. The third-order valence-electron chi connectivity index (χ3n) is 5.72. The van der Waals surface area contributed by atoms with E-state index < -0.39 is 0 Å². The molecule has 2 aromatic carbocycles. The van der Waals surface area contributed by atoms with Crippen molar-refractivity contribution in [2.45, 2.75) is 32.7 Å². The number of methoxy groups -OCH3 is 1. The van der Waals surface area contributed by atoms with E-state index in [-0.39, 0.29) is 17.9 Å². The minimum Gasteiger partial charge on any atom is -0.497 e. The molecule has 0 saturated carbocycles. The molecular formula is C24H25BrN2O3. The van der Waals surface area contributed by atoms with Crippen LogP contribution in [0.3, 0.4) is 0 Å². The number of rotatable bonds is 5. The zero-order chi connectivity index (χ0) is 21.3. The van der Waals surface area contributed by atoms with Crippen molar-refractivity contribution in [1.29, 1.82) is 0 Å². The molecule has 2 aromatic rings. The topological polar surface area (TPSA) is 51.1 Å². The van der Waals surface area contributed by atoms with Crippen molar-refractivity contribution in [2.24, 2.45) is 11.0 Å². The fourth-order valence-electron chi connectivity index (χ4n) is 4.32. The maximum absolute atomic E-state index is 12.1. The summed E-state index contributed by atoms with van der Waals surface area (Å²) < 4.78 is 11.6. The van der Waals surface area contributed by atoms with Gasteiger partial charge in [-0.15, -0.1) is 0 Å². The average Bonchev–Trinajstić information content (AvgIpc) is 3.14. The fourth-order valence-corrected chi connectivity index (χ4v) is 4.59. The van der Waals surface area contributed by atoms with E-state index in [1.807, 2.05) is 18.0 Å². The smallest absolute Gasteiger partial charge is 0.332 e. The number of hydrogen-bond acceptors (Lipinski definition) is 5. The van der Waals surface area contributed by atoms with E-state index in [0.717, 1.165) is 40.0 Å². The van der Waals surface area contributed by atoms with Crippen molar-refractivity contribution in [1.82, 2.24) is 5.01 Å². The molecule has 0 bridgehead atoms. The highest BCUT2D eigenvalue weighted by Crippen LogP contribution is 2.45. The minimum atomic E-state index is -0.346. The number of nitrogens with zero attached hydrogens (tertiary/aromatic N) is 2. The van der Waals surface area contributed by atoms with Crippen LogP contribution in [-0.4, -0.2) is 30.4 Å². The molecule has 4 rings (SSSR count). The summed E-state index contributed by atoms with van der Waals surface area (Å²) in [5.74, 6) is 0.715. The average molecular weight is 469 g/mol. The van der Waals surface area contributed by atoms with Gasteiger partial charge in [-0.2, -0.15) is 5.10 Å². The Morgan fingerprint density at radius 2 is 2.03 bits per heavy atom. The van der Waals surface area contributed by atoms with Crippen LogP contribution in [0.2, 0.25) is 0 Å². The van der Waals surface area contributed by atoms with Crippen molar-refractivity contribution in [3.8, 4) is 5.75 Å². The van der Waals surface area contributed by atoms with Gasteiger partial charge in [0.15, 0.2) is 0 Å². The van der Waals surface area contributed by atoms with E-state index >= 15 is 0 Å².